The molecule has 0 aromatic rings. The summed E-state index contributed by atoms with van der Waals surface area (Å²) >= 11 is 0. The third kappa shape index (κ3) is 2.68. The predicted molar refractivity (Wildman–Crippen MR) is 57.5 cm³/mol. The van der Waals surface area contributed by atoms with Gasteiger partial charge in [-0.3, -0.25) is 0 Å². The zero-order chi connectivity index (χ0) is 10.6. The lowest BCUT2D eigenvalue weighted by atomic mass is 9.66. The Morgan fingerprint density at radius 3 is 2.57 bits per heavy atom. The van der Waals surface area contributed by atoms with Gasteiger partial charge in [-0.25, -0.2) is 4.79 Å². The summed E-state index contributed by atoms with van der Waals surface area (Å²) in [5.74, 6) is 2.29. The van der Waals surface area contributed by atoms with Gasteiger partial charge in [-0.05, 0) is 37.2 Å². The zero-order valence-corrected chi connectivity index (χ0v) is 9.03. The second-order valence-electron chi connectivity index (χ2n) is 4.16. The minimum absolute atomic E-state index is 0.694. The van der Waals surface area contributed by atoms with E-state index in [4.69, 9.17) is 0 Å². The Labute approximate surface area is 85.4 Å². The predicted octanol–water partition coefficient (Wildman–Crippen LogP) is 3.07. The van der Waals surface area contributed by atoms with E-state index in [2.05, 4.69) is 24.9 Å². The molecular weight excluding hydrogens is 174 g/mol. The maximum atomic E-state index is 9.93. The normalized spacial score (nSPS) is 32.5. The van der Waals surface area contributed by atoms with E-state index in [1.165, 1.54) is 12.5 Å². The molecule has 76 valence electrons. The van der Waals surface area contributed by atoms with Crippen LogP contribution in [0.1, 0.15) is 27.2 Å². The first-order chi connectivity index (χ1) is 6.65. The number of nitrogens with zero attached hydrogens (tertiary/aromatic N) is 1. The summed E-state index contributed by atoms with van der Waals surface area (Å²) < 4.78 is 0. The van der Waals surface area contributed by atoms with Crippen LogP contribution in [0.3, 0.4) is 0 Å². The van der Waals surface area contributed by atoms with Gasteiger partial charge >= 0.3 is 0 Å². The van der Waals surface area contributed by atoms with Crippen molar-refractivity contribution in [2.24, 2.45) is 22.7 Å². The number of carbonyl (C=O) groups excluding carboxylic acids is 1. The minimum atomic E-state index is 0.694. The fourth-order valence-corrected chi connectivity index (χ4v) is 2.08. The summed E-state index contributed by atoms with van der Waals surface area (Å²) in [4.78, 5) is 13.4. The molecule has 0 spiro atoms. The monoisotopic (exact) mass is 191 g/mol. The molecule has 1 aliphatic carbocycles. The highest BCUT2D eigenvalue weighted by Crippen LogP contribution is 2.40. The Balaban J connectivity index is 2.47. The Morgan fingerprint density at radius 2 is 2.07 bits per heavy atom. The average Bonchev–Trinajstić information content (AvgIpc) is 2.13. The average molecular weight is 191 g/mol. The molecule has 1 rings (SSSR count). The Hall–Kier alpha value is -1.14. The van der Waals surface area contributed by atoms with Gasteiger partial charge in [0.15, 0.2) is 0 Å². The van der Waals surface area contributed by atoms with E-state index in [1.54, 1.807) is 6.92 Å². The van der Waals surface area contributed by atoms with Crippen LogP contribution in [0.2, 0.25) is 0 Å². The molecule has 0 aromatic carbocycles. The molecule has 3 atom stereocenters. The lowest BCUT2D eigenvalue weighted by Crippen LogP contribution is -2.30. The van der Waals surface area contributed by atoms with Gasteiger partial charge in [0.05, 0.1) is 5.70 Å². The Bertz CT molecular complexity index is 289. The summed E-state index contributed by atoms with van der Waals surface area (Å²) in [5, 5.41) is 0. The molecule has 0 bridgehead atoms. The van der Waals surface area contributed by atoms with Crippen LogP contribution in [0.25, 0.3) is 0 Å². The summed E-state index contributed by atoms with van der Waals surface area (Å²) in [6.45, 7) is 6.34. The van der Waals surface area contributed by atoms with Crippen LogP contribution in [-0.4, -0.2) is 6.08 Å². The van der Waals surface area contributed by atoms with Crippen molar-refractivity contribution in [2.45, 2.75) is 27.2 Å². The third-order valence-corrected chi connectivity index (χ3v) is 2.95. The highest BCUT2D eigenvalue weighted by atomic mass is 16.1. The lowest BCUT2D eigenvalue weighted by Gasteiger charge is -2.39. The van der Waals surface area contributed by atoms with Gasteiger partial charge in [-0.1, -0.05) is 26.0 Å². The van der Waals surface area contributed by atoms with Crippen LogP contribution in [0, 0.1) is 17.8 Å². The molecule has 2 unspecified atom stereocenters. The maximum absolute atomic E-state index is 9.93. The van der Waals surface area contributed by atoms with Crippen molar-refractivity contribution in [2.75, 3.05) is 0 Å². The standard InChI is InChI=1S/C12H17NO/c1-9-7-10(2)12(9)6-4-5-11(3)13-8-14/h4-6,9-10,12H,7H2,1-3H3/b6-4-,11-5+/t9-,10?,12?/m1/s1. The zero-order valence-electron chi connectivity index (χ0n) is 9.03. The summed E-state index contributed by atoms with van der Waals surface area (Å²) in [6.07, 6.45) is 8.90. The van der Waals surface area contributed by atoms with E-state index < -0.39 is 0 Å². The number of hydrogen-bond donors (Lipinski definition) is 0. The number of aliphatic imine (C=N–C) groups is 1. The van der Waals surface area contributed by atoms with E-state index >= 15 is 0 Å². The van der Waals surface area contributed by atoms with Crippen molar-refractivity contribution in [3.8, 4) is 0 Å². The third-order valence-electron chi connectivity index (χ3n) is 2.95. The van der Waals surface area contributed by atoms with Gasteiger partial charge in [-0.15, -0.1) is 0 Å². The molecule has 0 N–H and O–H groups in total. The number of rotatable bonds is 3. The molecule has 2 nitrogen and oxygen atoms in total. The molecule has 0 saturated heterocycles. The van der Waals surface area contributed by atoms with Crippen molar-refractivity contribution >= 4 is 6.08 Å². The summed E-state index contributed by atoms with van der Waals surface area (Å²) in [7, 11) is 0. The second kappa shape index (κ2) is 4.92. The van der Waals surface area contributed by atoms with Gasteiger partial charge in [0.1, 0.15) is 0 Å². The smallest absolute Gasteiger partial charge is 0.211 e. The number of allylic oxidation sites excluding steroid dienone is 4. The first-order valence-corrected chi connectivity index (χ1v) is 5.08. The Morgan fingerprint density at radius 1 is 1.43 bits per heavy atom. The van der Waals surface area contributed by atoms with Crippen LogP contribution in [-0.2, 0) is 4.79 Å². The molecule has 1 aliphatic rings. The number of isocyanates is 1. The van der Waals surface area contributed by atoms with Gasteiger partial charge in [0.25, 0.3) is 0 Å². The topological polar surface area (TPSA) is 29.4 Å². The van der Waals surface area contributed by atoms with Crippen molar-refractivity contribution < 1.29 is 4.79 Å². The van der Waals surface area contributed by atoms with Crippen molar-refractivity contribution in [3.63, 3.8) is 0 Å². The van der Waals surface area contributed by atoms with Crippen molar-refractivity contribution in [3.05, 3.63) is 23.9 Å². The van der Waals surface area contributed by atoms with Crippen LogP contribution in [0.15, 0.2) is 28.9 Å². The molecule has 0 radical (unpaired) electrons. The Kier molecular flexibility index (Phi) is 3.84. The quantitative estimate of drug-likeness (QED) is 0.383. The van der Waals surface area contributed by atoms with Gasteiger partial charge in [-0.2, -0.15) is 4.99 Å². The molecule has 0 amide bonds. The van der Waals surface area contributed by atoms with Gasteiger partial charge in [0, 0.05) is 0 Å². The molecule has 0 heterocycles. The van der Waals surface area contributed by atoms with E-state index in [9.17, 15) is 4.79 Å². The lowest BCUT2D eigenvalue weighted by molar-refractivity contribution is 0.148. The first-order valence-electron chi connectivity index (χ1n) is 5.08. The fraction of sp³-hybridized carbons (Fsp3) is 0.583. The van der Waals surface area contributed by atoms with E-state index in [-0.39, 0.29) is 0 Å². The van der Waals surface area contributed by atoms with Gasteiger partial charge in [0.2, 0.25) is 6.08 Å². The molecule has 1 saturated carbocycles. The molecule has 0 aromatic heterocycles. The van der Waals surface area contributed by atoms with Crippen molar-refractivity contribution in [1.29, 1.82) is 0 Å². The molecule has 1 fully saturated rings. The van der Waals surface area contributed by atoms with Crippen LogP contribution in [0.5, 0.6) is 0 Å². The second-order valence-corrected chi connectivity index (χ2v) is 4.16. The summed E-state index contributed by atoms with van der Waals surface area (Å²) in [5.41, 5.74) is 0.705. The number of hydrogen-bond acceptors (Lipinski definition) is 2. The van der Waals surface area contributed by atoms with Crippen LogP contribution in [0.4, 0.5) is 0 Å². The first kappa shape index (κ1) is 10.9. The van der Waals surface area contributed by atoms with E-state index in [0.29, 0.717) is 11.6 Å². The fourth-order valence-electron chi connectivity index (χ4n) is 2.08. The van der Waals surface area contributed by atoms with E-state index in [1.807, 2.05) is 12.2 Å². The van der Waals surface area contributed by atoms with E-state index in [0.717, 1.165) is 11.8 Å². The molecule has 2 heteroatoms. The minimum Gasteiger partial charge on any atom is -0.211 e. The molecular formula is C12H17NO. The highest BCUT2D eigenvalue weighted by Gasteiger charge is 2.31. The van der Waals surface area contributed by atoms with Crippen LogP contribution >= 0.6 is 0 Å². The largest absolute Gasteiger partial charge is 0.240 e. The van der Waals surface area contributed by atoms with Gasteiger partial charge < -0.3 is 0 Å². The van der Waals surface area contributed by atoms with Crippen LogP contribution < -0.4 is 0 Å². The van der Waals surface area contributed by atoms with Crippen molar-refractivity contribution in [1.82, 2.24) is 0 Å². The maximum Gasteiger partial charge on any atom is 0.240 e. The molecule has 14 heavy (non-hydrogen) atoms. The highest BCUT2D eigenvalue weighted by molar-refractivity contribution is 5.37. The molecule has 0 aliphatic heterocycles. The summed E-state index contributed by atoms with van der Waals surface area (Å²) in [6, 6.07) is 0. The SMILES string of the molecule is C/C(=C\C=C/C1C(C)C[C@H]1C)N=C=O.